The van der Waals surface area contributed by atoms with Crippen molar-refractivity contribution in [3.05, 3.63) is 43.1 Å². The molecule has 0 bridgehead atoms. The van der Waals surface area contributed by atoms with E-state index in [1.165, 1.54) is 12.7 Å². The molecule has 3 rings (SSSR count). The summed E-state index contributed by atoms with van der Waals surface area (Å²) in [6.45, 7) is 0. The maximum atomic E-state index is 4.29. The van der Waals surface area contributed by atoms with Crippen LogP contribution in [0.3, 0.4) is 0 Å². The van der Waals surface area contributed by atoms with Gasteiger partial charge in [-0.15, -0.1) is 5.52 Å². The zero-order valence-corrected chi connectivity index (χ0v) is 11.5. The first-order valence-electron chi connectivity index (χ1n) is 4.58. The van der Waals surface area contributed by atoms with Crippen LogP contribution in [0.4, 0.5) is 0 Å². The molecule has 5 heteroatoms. The van der Waals surface area contributed by atoms with Gasteiger partial charge in [-0.05, 0) is 5.39 Å². The Bertz CT molecular complexity index is 591. The van der Waals surface area contributed by atoms with Crippen LogP contribution in [0, 0.1) is 0 Å². The van der Waals surface area contributed by atoms with Crippen molar-refractivity contribution in [3.63, 3.8) is 0 Å². The molecule has 0 aliphatic heterocycles. The summed E-state index contributed by atoms with van der Waals surface area (Å²) >= 11 is 0. The predicted molar refractivity (Wildman–Crippen MR) is 56.1 cm³/mol. The Labute approximate surface area is 105 Å². The van der Waals surface area contributed by atoms with E-state index in [-0.39, 0.29) is 19.5 Å². The van der Waals surface area contributed by atoms with Crippen molar-refractivity contribution in [1.82, 2.24) is 19.9 Å². The van der Waals surface area contributed by atoms with Crippen molar-refractivity contribution in [2.45, 2.75) is 0 Å². The molecule has 0 saturated heterocycles. The SMILES string of the molecule is [Zn].c1cc(-c2ncncn2)c2[n-]ccc2c1. The van der Waals surface area contributed by atoms with Gasteiger partial charge in [0.1, 0.15) is 12.7 Å². The topological polar surface area (TPSA) is 52.8 Å². The second-order valence-electron chi connectivity index (χ2n) is 3.15. The van der Waals surface area contributed by atoms with E-state index in [0.29, 0.717) is 5.82 Å². The van der Waals surface area contributed by atoms with Crippen LogP contribution < -0.4 is 4.98 Å². The fraction of sp³-hybridized carbons (Fsp3) is 0. The third kappa shape index (κ3) is 1.74. The molecule has 0 N–H and O–H groups in total. The van der Waals surface area contributed by atoms with E-state index in [4.69, 9.17) is 0 Å². The third-order valence-corrected chi connectivity index (χ3v) is 2.26. The molecule has 0 fully saturated rings. The molecule has 0 aliphatic rings. The van der Waals surface area contributed by atoms with Gasteiger partial charge < -0.3 is 4.98 Å². The molecule has 0 atom stereocenters. The number of hydrogen-bond donors (Lipinski definition) is 0. The van der Waals surface area contributed by atoms with Gasteiger partial charge in [-0.25, -0.2) is 15.0 Å². The van der Waals surface area contributed by atoms with E-state index in [1.54, 1.807) is 6.20 Å². The summed E-state index contributed by atoms with van der Waals surface area (Å²) in [5.41, 5.74) is 1.88. The van der Waals surface area contributed by atoms with Crippen LogP contribution in [0.1, 0.15) is 0 Å². The van der Waals surface area contributed by atoms with Crippen molar-refractivity contribution in [2.24, 2.45) is 0 Å². The van der Waals surface area contributed by atoms with Crippen molar-refractivity contribution in [3.8, 4) is 11.4 Å². The molecular weight excluding hydrogens is 254 g/mol. The molecular formula is C11H7N4Zn-. The van der Waals surface area contributed by atoms with E-state index in [2.05, 4.69) is 19.9 Å². The Kier molecular flexibility index (Phi) is 3.06. The molecule has 0 unspecified atom stereocenters. The van der Waals surface area contributed by atoms with E-state index >= 15 is 0 Å². The van der Waals surface area contributed by atoms with Crippen LogP contribution >= 0.6 is 0 Å². The smallest absolute Gasteiger partial charge is 0.161 e. The number of rotatable bonds is 1. The van der Waals surface area contributed by atoms with Gasteiger partial charge in [0.15, 0.2) is 5.82 Å². The third-order valence-electron chi connectivity index (χ3n) is 2.26. The number of fused-ring (bicyclic) bond motifs is 1. The van der Waals surface area contributed by atoms with E-state index in [1.807, 2.05) is 24.3 Å². The summed E-state index contributed by atoms with van der Waals surface area (Å²) < 4.78 is 0. The van der Waals surface area contributed by atoms with Gasteiger partial charge in [-0.1, -0.05) is 24.3 Å². The number of hydrogen-bond acceptors (Lipinski definition) is 3. The van der Waals surface area contributed by atoms with Gasteiger partial charge >= 0.3 is 0 Å². The Morgan fingerprint density at radius 3 is 2.62 bits per heavy atom. The Balaban J connectivity index is 0.000000963. The number of benzene rings is 1. The van der Waals surface area contributed by atoms with E-state index in [9.17, 15) is 0 Å². The van der Waals surface area contributed by atoms with Gasteiger partial charge in [0.05, 0.1) is 0 Å². The van der Waals surface area contributed by atoms with Crippen molar-refractivity contribution in [1.29, 1.82) is 0 Å². The second kappa shape index (κ2) is 4.49. The van der Waals surface area contributed by atoms with Gasteiger partial charge in [0, 0.05) is 25.0 Å². The zero-order chi connectivity index (χ0) is 10.1. The summed E-state index contributed by atoms with van der Waals surface area (Å²) in [6.07, 6.45) is 4.77. The van der Waals surface area contributed by atoms with Gasteiger partial charge in [-0.3, -0.25) is 0 Å². The Hall–Kier alpha value is -1.61. The van der Waals surface area contributed by atoms with Crippen LogP contribution in [0.25, 0.3) is 22.3 Å². The van der Waals surface area contributed by atoms with Crippen molar-refractivity contribution < 1.29 is 19.5 Å². The van der Waals surface area contributed by atoms with Crippen LogP contribution in [0.2, 0.25) is 0 Å². The minimum absolute atomic E-state index is 0. The first-order valence-corrected chi connectivity index (χ1v) is 4.58. The van der Waals surface area contributed by atoms with E-state index in [0.717, 1.165) is 16.5 Å². The first kappa shape index (κ1) is 10.9. The molecule has 2 heterocycles. The Morgan fingerprint density at radius 1 is 1.00 bits per heavy atom. The van der Waals surface area contributed by atoms with Gasteiger partial charge in [-0.2, -0.15) is 6.20 Å². The number of para-hydroxylation sites is 1. The fourth-order valence-corrected chi connectivity index (χ4v) is 1.59. The number of aromatic nitrogens is 4. The molecule has 0 aliphatic carbocycles. The molecule has 2 aromatic heterocycles. The van der Waals surface area contributed by atoms with Crippen LogP contribution in [0.15, 0.2) is 43.1 Å². The van der Waals surface area contributed by atoms with Crippen LogP contribution in [-0.2, 0) is 19.5 Å². The number of nitrogens with zero attached hydrogens (tertiary/aromatic N) is 4. The largest absolute Gasteiger partial charge is 0.663 e. The summed E-state index contributed by atoms with van der Waals surface area (Å²) in [5.74, 6) is 0.661. The van der Waals surface area contributed by atoms with Crippen LogP contribution in [0.5, 0.6) is 0 Å². The fourth-order valence-electron chi connectivity index (χ4n) is 1.59. The summed E-state index contributed by atoms with van der Waals surface area (Å²) in [5, 5.41) is 1.10. The maximum Gasteiger partial charge on any atom is 0.161 e. The van der Waals surface area contributed by atoms with Gasteiger partial charge in [0.2, 0.25) is 0 Å². The summed E-state index contributed by atoms with van der Waals surface area (Å²) in [6, 6.07) is 7.93. The van der Waals surface area contributed by atoms with Gasteiger partial charge in [0.25, 0.3) is 0 Å². The molecule has 0 amide bonds. The molecule has 74 valence electrons. The Morgan fingerprint density at radius 2 is 1.81 bits per heavy atom. The second-order valence-corrected chi connectivity index (χ2v) is 3.15. The van der Waals surface area contributed by atoms with Crippen molar-refractivity contribution >= 4 is 10.9 Å². The molecule has 0 spiro atoms. The average molecular weight is 261 g/mol. The van der Waals surface area contributed by atoms with E-state index < -0.39 is 0 Å². The summed E-state index contributed by atoms with van der Waals surface area (Å²) in [7, 11) is 0. The van der Waals surface area contributed by atoms with Crippen molar-refractivity contribution in [2.75, 3.05) is 0 Å². The molecule has 1 aromatic carbocycles. The minimum atomic E-state index is 0. The normalized spacial score (nSPS) is 10.0. The predicted octanol–water partition coefficient (Wildman–Crippen LogP) is 1.65. The monoisotopic (exact) mass is 259 g/mol. The standard InChI is InChI=1S/C11H7N4.Zn/c1-2-8-4-5-13-10(8)9(3-1)11-14-6-12-7-15-11;/h1-7H;/q-1;. The minimum Gasteiger partial charge on any atom is -0.663 e. The quantitative estimate of drug-likeness (QED) is 0.624. The average Bonchev–Trinajstić information content (AvgIpc) is 2.78. The first-order chi connectivity index (χ1) is 7.45. The zero-order valence-electron chi connectivity index (χ0n) is 8.54. The molecule has 3 aromatic rings. The maximum absolute atomic E-state index is 4.29. The van der Waals surface area contributed by atoms with Crippen LogP contribution in [-0.4, -0.2) is 15.0 Å². The molecule has 0 radical (unpaired) electrons. The molecule has 16 heavy (non-hydrogen) atoms. The molecule has 0 saturated carbocycles. The molecule has 4 nitrogen and oxygen atoms in total. The summed E-state index contributed by atoms with van der Waals surface area (Å²) in [4.78, 5) is 16.3.